The Labute approximate surface area is 260 Å². The van der Waals surface area contributed by atoms with Crippen LogP contribution in [0.4, 0.5) is 10.5 Å². The number of ketones is 1. The monoisotopic (exact) mass is 605 g/mol. The van der Waals surface area contributed by atoms with Crippen molar-refractivity contribution in [1.29, 1.82) is 5.26 Å². The fourth-order valence-electron chi connectivity index (χ4n) is 6.11. The molecule has 1 saturated heterocycles. The van der Waals surface area contributed by atoms with Gasteiger partial charge in [-0.25, -0.2) is 9.59 Å². The van der Waals surface area contributed by atoms with Gasteiger partial charge >= 0.3 is 12.0 Å². The number of nitriles is 1. The number of nitrogens with one attached hydrogen (secondary N) is 1. The van der Waals surface area contributed by atoms with Gasteiger partial charge in [-0.1, -0.05) is 54.6 Å². The zero-order valence-electron chi connectivity index (χ0n) is 24.4. The van der Waals surface area contributed by atoms with Crippen LogP contribution in [0.5, 0.6) is 5.75 Å². The number of urea groups is 1. The van der Waals surface area contributed by atoms with Gasteiger partial charge in [-0.3, -0.25) is 9.69 Å². The number of carboxylic acid groups (broad SMARTS) is 1. The molecule has 1 fully saturated rings. The Hall–Kier alpha value is -5.07. The quantitative estimate of drug-likeness (QED) is 0.164. The van der Waals surface area contributed by atoms with Crippen LogP contribution < -0.4 is 10.1 Å². The maximum Gasteiger partial charge on any atom is 0.330 e. The number of carbonyl (C=O) groups excluding carboxylic acids is 2. The summed E-state index contributed by atoms with van der Waals surface area (Å²) in [5.74, 6) is -2.84. The van der Waals surface area contributed by atoms with Crippen LogP contribution >= 0.6 is 11.8 Å². The van der Waals surface area contributed by atoms with Gasteiger partial charge in [0.2, 0.25) is 0 Å². The number of methoxy groups -OCH3 is 1. The summed E-state index contributed by atoms with van der Waals surface area (Å²) in [5, 5.41) is 23.3. The van der Waals surface area contributed by atoms with Crippen LogP contribution in [-0.2, 0) is 4.79 Å². The van der Waals surface area contributed by atoms with Gasteiger partial charge in [0.25, 0.3) is 0 Å². The number of carbonyl (C=O) groups is 3. The number of thioether (sulfide) groups is 1. The Bertz CT molecular complexity index is 1700. The van der Waals surface area contributed by atoms with E-state index >= 15 is 0 Å². The van der Waals surface area contributed by atoms with Gasteiger partial charge in [0, 0.05) is 22.1 Å². The minimum absolute atomic E-state index is 0.284. The Balaban J connectivity index is 1.73. The van der Waals surface area contributed by atoms with Crippen molar-refractivity contribution in [1.82, 2.24) is 4.90 Å². The molecule has 4 unspecified atom stereocenters. The predicted molar refractivity (Wildman–Crippen MR) is 169 cm³/mol. The molecule has 0 saturated carbocycles. The normalized spacial score (nSPS) is 20.9. The molecular weight excluding hydrogens is 574 g/mol. The highest BCUT2D eigenvalue weighted by atomic mass is 32.2. The molecule has 2 N–H and O–H groups in total. The van der Waals surface area contributed by atoms with E-state index in [1.165, 1.54) is 18.9 Å². The molecule has 9 heteroatoms. The van der Waals surface area contributed by atoms with Crippen molar-refractivity contribution in [3.63, 3.8) is 0 Å². The molecule has 1 aliphatic heterocycles. The van der Waals surface area contributed by atoms with E-state index in [0.29, 0.717) is 33.7 Å². The second kappa shape index (κ2) is 12.7. The number of benzene rings is 4. The van der Waals surface area contributed by atoms with E-state index in [2.05, 4.69) is 11.4 Å². The first kappa shape index (κ1) is 30.4. The van der Waals surface area contributed by atoms with Crippen molar-refractivity contribution in [3.8, 4) is 11.8 Å². The molecular formula is C35H31N3O5S. The maximum absolute atomic E-state index is 14.6. The highest BCUT2D eigenvalue weighted by Gasteiger charge is 2.65. The van der Waals surface area contributed by atoms with Crippen molar-refractivity contribution in [3.05, 3.63) is 125 Å². The zero-order chi connectivity index (χ0) is 31.4. The Morgan fingerprint density at radius 2 is 1.55 bits per heavy atom. The number of nitrogens with zero attached hydrogens (tertiary/aromatic N) is 2. The summed E-state index contributed by atoms with van der Waals surface area (Å²) in [6.45, 7) is 1.50. The van der Waals surface area contributed by atoms with Crippen LogP contribution in [0.3, 0.4) is 0 Å². The van der Waals surface area contributed by atoms with Crippen molar-refractivity contribution in [2.24, 2.45) is 5.92 Å². The number of likely N-dealkylation sites (tertiary alicyclic amines) is 1. The van der Waals surface area contributed by atoms with Crippen molar-refractivity contribution >= 4 is 35.2 Å². The van der Waals surface area contributed by atoms with Gasteiger partial charge in [-0.2, -0.15) is 5.26 Å². The lowest BCUT2D eigenvalue weighted by molar-refractivity contribution is -0.148. The van der Waals surface area contributed by atoms with Gasteiger partial charge < -0.3 is 15.2 Å². The largest absolute Gasteiger partial charge is 0.497 e. The van der Waals surface area contributed by atoms with Crippen LogP contribution in [0.1, 0.15) is 45.9 Å². The highest BCUT2D eigenvalue weighted by molar-refractivity contribution is 7.98. The lowest BCUT2D eigenvalue weighted by Crippen LogP contribution is -2.55. The number of Topliss-reactive ketones (excluding diaryl/α,β-unsaturated/α-hetero) is 1. The third-order valence-corrected chi connectivity index (χ3v) is 9.04. The number of hydrogen-bond acceptors (Lipinski definition) is 6. The first-order valence-electron chi connectivity index (χ1n) is 13.9. The van der Waals surface area contributed by atoms with E-state index in [0.717, 1.165) is 4.90 Å². The molecule has 2 amide bonds. The second-order valence-corrected chi connectivity index (χ2v) is 11.5. The van der Waals surface area contributed by atoms with Crippen LogP contribution in [-0.4, -0.2) is 46.7 Å². The molecule has 5 rings (SSSR count). The summed E-state index contributed by atoms with van der Waals surface area (Å²) >= 11 is 1.55. The summed E-state index contributed by atoms with van der Waals surface area (Å²) in [7, 11) is 1.54. The van der Waals surface area contributed by atoms with Crippen molar-refractivity contribution in [2.45, 2.75) is 29.3 Å². The minimum Gasteiger partial charge on any atom is -0.497 e. The fraction of sp³-hybridized carbons (Fsp3) is 0.200. The molecule has 222 valence electrons. The molecule has 4 aromatic carbocycles. The standard InChI is InChI=1S/C35H31N3O5S/c1-35(33(40)41)30(23-7-5-4-6-8-23)29(32(39)25-13-19-28(44-3)20-14-25)31(24-11-9-22(21-36)10-12-24)38(35)34(42)37-26-15-17-27(43-2)18-16-26/h4-20,29-31H,1-3H3,(H,37,42)(H,40,41). The summed E-state index contributed by atoms with van der Waals surface area (Å²) < 4.78 is 5.23. The lowest BCUT2D eigenvalue weighted by Gasteiger charge is -2.37. The molecule has 8 nitrogen and oxygen atoms in total. The Kier molecular flexibility index (Phi) is 8.74. The Morgan fingerprint density at radius 3 is 2.09 bits per heavy atom. The van der Waals surface area contributed by atoms with Crippen molar-refractivity contribution in [2.75, 3.05) is 18.7 Å². The van der Waals surface area contributed by atoms with Crippen LogP contribution in [0.25, 0.3) is 0 Å². The number of hydrogen-bond donors (Lipinski definition) is 2. The minimum atomic E-state index is -1.85. The average molecular weight is 606 g/mol. The first-order valence-corrected chi connectivity index (χ1v) is 15.2. The van der Waals surface area contributed by atoms with Crippen LogP contribution in [0, 0.1) is 17.2 Å². The summed E-state index contributed by atoms with van der Waals surface area (Å²) in [6, 6.07) is 29.9. The van der Waals surface area contributed by atoms with Gasteiger partial charge in [0.15, 0.2) is 5.78 Å². The Morgan fingerprint density at radius 1 is 0.909 bits per heavy atom. The molecule has 1 aliphatic rings. The number of ether oxygens (including phenoxy) is 1. The third kappa shape index (κ3) is 5.52. The average Bonchev–Trinajstić information content (AvgIpc) is 3.35. The fourth-order valence-corrected chi connectivity index (χ4v) is 6.52. The molecule has 0 aromatic heterocycles. The van der Waals surface area contributed by atoms with Gasteiger partial charge in [0.1, 0.15) is 11.3 Å². The number of rotatable bonds is 8. The number of anilines is 1. The molecule has 0 bridgehead atoms. The molecule has 0 spiro atoms. The smallest absolute Gasteiger partial charge is 0.330 e. The SMILES string of the molecule is COc1ccc(NC(=O)N2C(c3ccc(C#N)cc3)C(C(=O)c3ccc(SC)cc3)C(c3ccccc3)C2(C)C(=O)O)cc1. The maximum atomic E-state index is 14.6. The molecule has 4 aromatic rings. The summed E-state index contributed by atoms with van der Waals surface area (Å²) in [5.41, 5.74) is 0.555. The molecule has 44 heavy (non-hydrogen) atoms. The van der Waals surface area contributed by atoms with E-state index < -0.39 is 35.4 Å². The summed E-state index contributed by atoms with van der Waals surface area (Å²) in [6.07, 6.45) is 1.94. The third-order valence-electron chi connectivity index (χ3n) is 8.29. The zero-order valence-corrected chi connectivity index (χ0v) is 25.2. The number of aliphatic carboxylic acids is 1. The molecule has 0 radical (unpaired) electrons. The van der Waals surface area contributed by atoms with Crippen LogP contribution in [0.15, 0.2) is 108 Å². The molecule has 4 atom stereocenters. The van der Waals surface area contributed by atoms with Crippen LogP contribution in [0.2, 0.25) is 0 Å². The van der Waals surface area contributed by atoms with E-state index in [4.69, 9.17) is 4.74 Å². The molecule has 0 aliphatic carbocycles. The van der Waals surface area contributed by atoms with Crippen molar-refractivity contribution < 1.29 is 24.2 Å². The van der Waals surface area contributed by atoms with E-state index in [9.17, 15) is 24.8 Å². The first-order chi connectivity index (χ1) is 21.2. The highest BCUT2D eigenvalue weighted by Crippen LogP contribution is 2.56. The topological polar surface area (TPSA) is 120 Å². The van der Waals surface area contributed by atoms with Gasteiger partial charge in [-0.15, -0.1) is 11.8 Å². The van der Waals surface area contributed by atoms with E-state index in [-0.39, 0.29) is 5.78 Å². The second-order valence-electron chi connectivity index (χ2n) is 10.7. The van der Waals surface area contributed by atoms with Gasteiger partial charge in [0.05, 0.1) is 30.7 Å². The van der Waals surface area contributed by atoms with E-state index in [1.54, 1.807) is 96.7 Å². The lowest BCUT2D eigenvalue weighted by atomic mass is 9.71. The summed E-state index contributed by atoms with van der Waals surface area (Å²) in [4.78, 5) is 44.6. The predicted octanol–water partition coefficient (Wildman–Crippen LogP) is 7.00. The molecule has 1 heterocycles. The number of carboxylic acids is 1. The number of amides is 2. The van der Waals surface area contributed by atoms with E-state index in [1.807, 2.05) is 24.5 Å². The van der Waals surface area contributed by atoms with Gasteiger partial charge in [-0.05, 0) is 72.8 Å².